The van der Waals surface area contributed by atoms with Crippen LogP contribution in [0.1, 0.15) is 31.4 Å². The van der Waals surface area contributed by atoms with Gasteiger partial charge in [0, 0.05) is 23.2 Å². The second-order valence-corrected chi connectivity index (χ2v) is 5.30. The molecular formula is C14H22N2O2. The van der Waals surface area contributed by atoms with Gasteiger partial charge in [0.15, 0.2) is 0 Å². The van der Waals surface area contributed by atoms with E-state index in [2.05, 4.69) is 5.32 Å². The zero-order valence-electron chi connectivity index (χ0n) is 11.8. The van der Waals surface area contributed by atoms with Crippen molar-refractivity contribution in [2.24, 2.45) is 5.73 Å². The first kappa shape index (κ1) is 14.5. The lowest BCUT2D eigenvalue weighted by atomic mass is 10.0. The van der Waals surface area contributed by atoms with Gasteiger partial charge in [0.1, 0.15) is 5.75 Å². The van der Waals surface area contributed by atoms with Crippen LogP contribution in [0.3, 0.4) is 0 Å². The molecule has 0 radical (unpaired) electrons. The third-order valence-corrected chi connectivity index (χ3v) is 2.70. The van der Waals surface area contributed by atoms with Gasteiger partial charge in [0.25, 0.3) is 0 Å². The Morgan fingerprint density at radius 2 is 2.00 bits per heavy atom. The molecule has 0 heterocycles. The van der Waals surface area contributed by atoms with Gasteiger partial charge in [0.2, 0.25) is 5.91 Å². The van der Waals surface area contributed by atoms with E-state index in [0.29, 0.717) is 0 Å². The molecule has 0 bridgehead atoms. The minimum absolute atomic E-state index is 0.0866. The summed E-state index contributed by atoms with van der Waals surface area (Å²) in [6, 6.07) is 3.81. The number of nitrogens with two attached hydrogens (primary N) is 1. The van der Waals surface area contributed by atoms with Crippen molar-refractivity contribution in [1.29, 1.82) is 0 Å². The molecule has 1 amide bonds. The average molecular weight is 250 g/mol. The smallest absolute Gasteiger partial charge is 0.226 e. The lowest BCUT2D eigenvalue weighted by molar-refractivity contribution is -0.117. The maximum absolute atomic E-state index is 11.8. The number of methoxy groups -OCH3 is 1. The Balaban J connectivity index is 2.89. The van der Waals surface area contributed by atoms with E-state index >= 15 is 0 Å². The summed E-state index contributed by atoms with van der Waals surface area (Å²) < 4.78 is 5.32. The molecule has 0 atom stereocenters. The van der Waals surface area contributed by atoms with Gasteiger partial charge in [-0.3, -0.25) is 4.79 Å². The minimum Gasteiger partial charge on any atom is -0.496 e. The Hall–Kier alpha value is -1.55. The lowest BCUT2D eigenvalue weighted by Crippen LogP contribution is -2.36. The fourth-order valence-corrected chi connectivity index (χ4v) is 1.88. The Labute approximate surface area is 109 Å². The number of nitrogens with one attached hydrogen (secondary N) is 1. The fraction of sp³-hybridized carbons (Fsp3) is 0.500. The second kappa shape index (κ2) is 5.40. The predicted octanol–water partition coefficient (Wildman–Crippen LogP) is 2.38. The largest absolute Gasteiger partial charge is 0.496 e. The summed E-state index contributed by atoms with van der Waals surface area (Å²) in [5, 5.41) is 2.87. The molecule has 0 aromatic heterocycles. The number of carbonyl (C=O) groups excluding carboxylic acids is 1. The van der Waals surface area contributed by atoms with Crippen molar-refractivity contribution in [3.63, 3.8) is 0 Å². The highest BCUT2D eigenvalue weighted by Gasteiger charge is 2.17. The first-order valence-corrected chi connectivity index (χ1v) is 5.97. The number of amides is 1. The number of hydrogen-bond donors (Lipinski definition) is 2. The summed E-state index contributed by atoms with van der Waals surface area (Å²) in [4.78, 5) is 11.8. The highest BCUT2D eigenvalue weighted by Crippen LogP contribution is 2.29. The third-order valence-electron chi connectivity index (χ3n) is 2.70. The number of ether oxygens (including phenoxy) is 1. The lowest BCUT2D eigenvalue weighted by Gasteiger charge is -2.19. The van der Waals surface area contributed by atoms with Crippen LogP contribution >= 0.6 is 0 Å². The highest BCUT2D eigenvalue weighted by atomic mass is 16.5. The molecule has 4 nitrogen and oxygen atoms in total. The van der Waals surface area contributed by atoms with Crippen LogP contribution < -0.4 is 15.8 Å². The van der Waals surface area contributed by atoms with Gasteiger partial charge in [-0.1, -0.05) is 6.07 Å². The van der Waals surface area contributed by atoms with Crippen molar-refractivity contribution in [3.05, 3.63) is 23.3 Å². The van der Waals surface area contributed by atoms with Gasteiger partial charge >= 0.3 is 0 Å². The van der Waals surface area contributed by atoms with Crippen LogP contribution in [-0.4, -0.2) is 18.6 Å². The SMILES string of the molecule is COc1c(C)ccc(NC(=O)CC(C)(C)N)c1C. The van der Waals surface area contributed by atoms with Crippen LogP contribution in [-0.2, 0) is 4.79 Å². The maximum atomic E-state index is 11.8. The van der Waals surface area contributed by atoms with Crippen LogP contribution in [0.25, 0.3) is 0 Å². The zero-order valence-corrected chi connectivity index (χ0v) is 11.8. The number of rotatable bonds is 4. The van der Waals surface area contributed by atoms with E-state index in [1.54, 1.807) is 7.11 Å². The van der Waals surface area contributed by atoms with Gasteiger partial charge < -0.3 is 15.8 Å². The van der Waals surface area contributed by atoms with Gasteiger partial charge in [-0.15, -0.1) is 0 Å². The van der Waals surface area contributed by atoms with E-state index in [0.717, 1.165) is 22.6 Å². The topological polar surface area (TPSA) is 64.3 Å². The molecule has 0 aliphatic heterocycles. The Morgan fingerprint density at radius 3 is 2.50 bits per heavy atom. The molecule has 1 rings (SSSR count). The maximum Gasteiger partial charge on any atom is 0.226 e. The zero-order chi connectivity index (χ0) is 13.9. The number of anilines is 1. The van der Waals surface area contributed by atoms with Crippen molar-refractivity contribution in [1.82, 2.24) is 0 Å². The first-order valence-electron chi connectivity index (χ1n) is 5.97. The van der Waals surface area contributed by atoms with E-state index in [-0.39, 0.29) is 12.3 Å². The van der Waals surface area contributed by atoms with Gasteiger partial charge in [-0.05, 0) is 39.3 Å². The number of benzene rings is 1. The van der Waals surface area contributed by atoms with E-state index in [9.17, 15) is 4.79 Å². The summed E-state index contributed by atoms with van der Waals surface area (Å²) >= 11 is 0. The minimum atomic E-state index is -0.507. The van der Waals surface area contributed by atoms with Crippen LogP contribution in [0, 0.1) is 13.8 Å². The van der Waals surface area contributed by atoms with E-state index in [1.807, 2.05) is 39.8 Å². The van der Waals surface area contributed by atoms with E-state index < -0.39 is 5.54 Å². The molecule has 0 aliphatic rings. The Bertz CT molecular complexity index is 448. The second-order valence-electron chi connectivity index (χ2n) is 5.30. The van der Waals surface area contributed by atoms with E-state index in [4.69, 9.17) is 10.5 Å². The van der Waals surface area contributed by atoms with Crippen molar-refractivity contribution < 1.29 is 9.53 Å². The monoisotopic (exact) mass is 250 g/mol. The van der Waals surface area contributed by atoms with Crippen LogP contribution in [0.4, 0.5) is 5.69 Å². The molecular weight excluding hydrogens is 228 g/mol. The third kappa shape index (κ3) is 3.74. The van der Waals surface area contributed by atoms with Gasteiger partial charge in [-0.25, -0.2) is 0 Å². The molecule has 18 heavy (non-hydrogen) atoms. The number of carbonyl (C=O) groups is 1. The van der Waals surface area contributed by atoms with Crippen LogP contribution in [0.5, 0.6) is 5.75 Å². The molecule has 0 saturated carbocycles. The van der Waals surface area contributed by atoms with Crippen LogP contribution in [0.2, 0.25) is 0 Å². The summed E-state index contributed by atoms with van der Waals surface area (Å²) in [5.41, 5.74) is 8.07. The van der Waals surface area contributed by atoms with Gasteiger partial charge in [-0.2, -0.15) is 0 Å². The van der Waals surface area contributed by atoms with E-state index in [1.165, 1.54) is 0 Å². The van der Waals surface area contributed by atoms with Crippen molar-refractivity contribution >= 4 is 11.6 Å². The van der Waals surface area contributed by atoms with Crippen LogP contribution in [0.15, 0.2) is 12.1 Å². The van der Waals surface area contributed by atoms with Crippen molar-refractivity contribution in [3.8, 4) is 5.75 Å². The summed E-state index contributed by atoms with van der Waals surface area (Å²) in [5.74, 6) is 0.719. The predicted molar refractivity (Wildman–Crippen MR) is 74.0 cm³/mol. The molecule has 4 heteroatoms. The summed E-state index contributed by atoms with van der Waals surface area (Å²) in [6.45, 7) is 7.56. The number of hydrogen-bond acceptors (Lipinski definition) is 3. The highest BCUT2D eigenvalue weighted by molar-refractivity contribution is 5.92. The fourth-order valence-electron chi connectivity index (χ4n) is 1.88. The molecule has 0 fully saturated rings. The molecule has 0 unspecified atom stereocenters. The number of aryl methyl sites for hydroxylation is 1. The van der Waals surface area contributed by atoms with Crippen molar-refractivity contribution in [2.75, 3.05) is 12.4 Å². The quantitative estimate of drug-likeness (QED) is 0.862. The average Bonchev–Trinajstić information content (AvgIpc) is 2.20. The van der Waals surface area contributed by atoms with Gasteiger partial charge in [0.05, 0.1) is 7.11 Å². The normalized spacial score (nSPS) is 11.2. The Morgan fingerprint density at radius 1 is 1.39 bits per heavy atom. The molecule has 1 aromatic rings. The molecule has 100 valence electrons. The molecule has 0 aliphatic carbocycles. The van der Waals surface area contributed by atoms with Crippen molar-refractivity contribution in [2.45, 2.75) is 39.7 Å². The standard InChI is InChI=1S/C14H22N2O2/c1-9-6-7-11(10(2)13(9)18-5)16-12(17)8-14(3,4)15/h6-7H,8,15H2,1-5H3,(H,16,17). The molecule has 1 aromatic carbocycles. The summed E-state index contributed by atoms with van der Waals surface area (Å²) in [7, 11) is 1.63. The molecule has 3 N–H and O–H groups in total. The molecule has 0 saturated heterocycles. The molecule has 0 spiro atoms. The first-order chi connectivity index (χ1) is 8.24. The summed E-state index contributed by atoms with van der Waals surface area (Å²) in [6.07, 6.45) is 0.280. The Kier molecular flexibility index (Phi) is 4.35.